The van der Waals surface area contributed by atoms with Gasteiger partial charge in [0.05, 0.1) is 0 Å². The Labute approximate surface area is 151 Å². The van der Waals surface area contributed by atoms with Crippen molar-refractivity contribution in [3.8, 4) is 5.75 Å². The second-order valence-corrected chi connectivity index (χ2v) is 9.44. The lowest BCUT2D eigenvalue weighted by Gasteiger charge is -2.62. The van der Waals surface area contributed by atoms with Gasteiger partial charge in [-0.2, -0.15) is 0 Å². The number of hydrogen-bond donors (Lipinski definition) is 1. The molecule has 2 saturated carbocycles. The van der Waals surface area contributed by atoms with Crippen LogP contribution >= 0.6 is 0 Å². The van der Waals surface area contributed by atoms with E-state index < -0.39 is 0 Å². The molecule has 0 aromatic heterocycles. The summed E-state index contributed by atoms with van der Waals surface area (Å²) in [4.78, 5) is 2.85. The third kappa shape index (κ3) is 2.33. The van der Waals surface area contributed by atoms with Crippen LogP contribution in [0.15, 0.2) is 30.4 Å². The first kappa shape index (κ1) is 15.9. The van der Waals surface area contributed by atoms with Crippen LogP contribution < -0.4 is 0 Å². The highest BCUT2D eigenvalue weighted by molar-refractivity contribution is 5.46. The quantitative estimate of drug-likeness (QED) is 0.793. The van der Waals surface area contributed by atoms with Crippen LogP contribution in [0.1, 0.15) is 56.6 Å². The van der Waals surface area contributed by atoms with Crippen molar-refractivity contribution in [2.24, 2.45) is 17.8 Å². The molecule has 5 rings (SSSR count). The molecule has 3 fully saturated rings. The van der Waals surface area contributed by atoms with Crippen LogP contribution in [-0.4, -0.2) is 29.1 Å². The predicted molar refractivity (Wildman–Crippen MR) is 102 cm³/mol. The van der Waals surface area contributed by atoms with Gasteiger partial charge in [-0.15, -0.1) is 0 Å². The van der Waals surface area contributed by atoms with Gasteiger partial charge in [-0.3, -0.25) is 4.90 Å². The zero-order valence-electron chi connectivity index (χ0n) is 15.5. The Hall–Kier alpha value is -1.28. The van der Waals surface area contributed by atoms with Crippen molar-refractivity contribution in [3.63, 3.8) is 0 Å². The summed E-state index contributed by atoms with van der Waals surface area (Å²) in [5.74, 6) is 2.81. The smallest absolute Gasteiger partial charge is 0.115 e. The van der Waals surface area contributed by atoms with Crippen molar-refractivity contribution in [1.82, 2.24) is 4.90 Å². The summed E-state index contributed by atoms with van der Waals surface area (Å²) in [7, 11) is 0. The van der Waals surface area contributed by atoms with E-state index in [1.54, 1.807) is 0 Å². The molecule has 3 aliphatic carbocycles. The Balaban J connectivity index is 1.59. The first-order chi connectivity index (χ1) is 12.1. The number of allylic oxidation sites excluding steroid dienone is 1. The highest BCUT2D eigenvalue weighted by Crippen LogP contribution is 2.59. The number of nitrogens with zero attached hydrogens (tertiary/aromatic N) is 1. The van der Waals surface area contributed by atoms with E-state index in [4.69, 9.17) is 0 Å². The molecule has 134 valence electrons. The van der Waals surface area contributed by atoms with E-state index in [1.165, 1.54) is 68.3 Å². The zero-order chi connectivity index (χ0) is 17.2. The fourth-order valence-electron chi connectivity index (χ4n) is 6.83. The summed E-state index contributed by atoms with van der Waals surface area (Å²) < 4.78 is 0. The maximum Gasteiger partial charge on any atom is 0.115 e. The Kier molecular flexibility index (Phi) is 3.57. The summed E-state index contributed by atoms with van der Waals surface area (Å²) in [6, 6.07) is 6.87. The first-order valence-electron chi connectivity index (χ1n) is 10.3. The number of likely N-dealkylation sites (tertiary alicyclic amines) is 1. The number of phenolic OH excluding ortho intramolecular Hbond substituents is 1. The van der Waals surface area contributed by atoms with Gasteiger partial charge >= 0.3 is 0 Å². The van der Waals surface area contributed by atoms with Crippen molar-refractivity contribution in [1.29, 1.82) is 0 Å². The fourth-order valence-corrected chi connectivity index (χ4v) is 6.83. The standard InChI is InChI=1S/C23H31NO/c1-15-10-16(2)22-21-11-18-6-7-19(25)12-20(18)23(22,13-15)8-9-24(21)14-17-4-3-5-17/h6-7,12,16-17,21-22,25H,1,3-5,8-11,13-14H2,2H3/t16-,21+,22-,23+/m0/s1. The molecule has 25 heavy (non-hydrogen) atoms. The normalized spacial score (nSPS) is 38.0. The minimum absolute atomic E-state index is 0.224. The number of fused-ring (bicyclic) bond motifs is 1. The monoisotopic (exact) mass is 337 g/mol. The molecule has 1 heterocycles. The molecule has 1 aromatic rings. The van der Waals surface area contributed by atoms with Crippen molar-refractivity contribution >= 4 is 0 Å². The van der Waals surface area contributed by atoms with Crippen LogP contribution in [0.4, 0.5) is 0 Å². The van der Waals surface area contributed by atoms with E-state index in [1.807, 2.05) is 6.07 Å². The van der Waals surface area contributed by atoms with Gasteiger partial charge < -0.3 is 5.11 Å². The highest BCUT2D eigenvalue weighted by Gasteiger charge is 2.56. The number of piperidine rings is 1. The molecule has 1 N–H and O–H groups in total. The van der Waals surface area contributed by atoms with Crippen LogP contribution in [-0.2, 0) is 11.8 Å². The summed E-state index contributed by atoms with van der Waals surface area (Å²) in [6.07, 6.45) is 9.05. The van der Waals surface area contributed by atoms with Crippen molar-refractivity contribution in [2.45, 2.75) is 63.3 Å². The molecule has 1 aliphatic heterocycles. The molecule has 0 unspecified atom stereocenters. The summed E-state index contributed by atoms with van der Waals surface area (Å²) in [5, 5.41) is 10.2. The predicted octanol–water partition coefficient (Wildman–Crippen LogP) is 4.66. The average molecular weight is 338 g/mol. The van der Waals surface area contributed by atoms with Gasteiger partial charge in [-0.1, -0.05) is 31.6 Å². The van der Waals surface area contributed by atoms with Crippen molar-refractivity contribution in [3.05, 3.63) is 41.5 Å². The third-order valence-electron chi connectivity index (χ3n) is 7.93. The summed E-state index contributed by atoms with van der Waals surface area (Å²) in [5.41, 5.74) is 4.58. The third-order valence-corrected chi connectivity index (χ3v) is 7.93. The number of rotatable bonds is 2. The molecule has 1 saturated heterocycles. The lowest BCUT2D eigenvalue weighted by Crippen LogP contribution is -2.63. The number of benzene rings is 1. The second kappa shape index (κ2) is 5.61. The summed E-state index contributed by atoms with van der Waals surface area (Å²) in [6.45, 7) is 9.41. The van der Waals surface area contributed by atoms with Crippen molar-refractivity contribution < 1.29 is 5.11 Å². The minimum Gasteiger partial charge on any atom is -0.508 e. The lowest BCUT2D eigenvalue weighted by atomic mass is 9.49. The molecule has 1 aromatic carbocycles. The molecule has 4 atom stereocenters. The van der Waals surface area contributed by atoms with Crippen molar-refractivity contribution in [2.75, 3.05) is 13.1 Å². The van der Waals surface area contributed by atoms with Gasteiger partial charge in [-0.05, 0) is 86.1 Å². The highest BCUT2D eigenvalue weighted by atomic mass is 16.3. The van der Waals surface area contributed by atoms with E-state index in [2.05, 4.69) is 30.5 Å². The van der Waals surface area contributed by atoms with Crippen LogP contribution in [0.5, 0.6) is 5.75 Å². The largest absolute Gasteiger partial charge is 0.508 e. The topological polar surface area (TPSA) is 23.5 Å². The molecule has 2 nitrogen and oxygen atoms in total. The van der Waals surface area contributed by atoms with Crippen LogP contribution in [0, 0.1) is 17.8 Å². The Morgan fingerprint density at radius 3 is 2.88 bits per heavy atom. The van der Waals surface area contributed by atoms with E-state index in [0.717, 1.165) is 18.3 Å². The molecular weight excluding hydrogens is 306 g/mol. The van der Waals surface area contributed by atoms with E-state index in [0.29, 0.717) is 17.7 Å². The van der Waals surface area contributed by atoms with Crippen LogP contribution in [0.2, 0.25) is 0 Å². The van der Waals surface area contributed by atoms with Gasteiger partial charge in [0.2, 0.25) is 0 Å². The van der Waals surface area contributed by atoms with E-state index in [-0.39, 0.29) is 5.41 Å². The molecule has 4 aliphatic rings. The number of hydrogen-bond acceptors (Lipinski definition) is 2. The number of phenols is 1. The first-order valence-corrected chi connectivity index (χ1v) is 10.3. The Morgan fingerprint density at radius 1 is 1.28 bits per heavy atom. The lowest BCUT2D eigenvalue weighted by molar-refractivity contribution is -0.0376. The molecular formula is C23H31NO. The van der Waals surface area contributed by atoms with E-state index >= 15 is 0 Å². The maximum atomic E-state index is 10.2. The number of aromatic hydroxyl groups is 1. The minimum atomic E-state index is 0.224. The average Bonchev–Trinajstić information content (AvgIpc) is 2.52. The molecule has 0 spiro atoms. The van der Waals surface area contributed by atoms with Gasteiger partial charge in [0.25, 0.3) is 0 Å². The molecule has 2 bridgehead atoms. The zero-order valence-corrected chi connectivity index (χ0v) is 15.5. The fraction of sp³-hybridized carbons (Fsp3) is 0.652. The second-order valence-electron chi connectivity index (χ2n) is 9.44. The van der Waals surface area contributed by atoms with Gasteiger partial charge in [-0.25, -0.2) is 0 Å². The van der Waals surface area contributed by atoms with E-state index in [9.17, 15) is 5.11 Å². The maximum absolute atomic E-state index is 10.2. The Bertz CT molecular complexity index is 706. The SMILES string of the molecule is C=C1C[C@H](C)[C@H]2[C@H]3Cc4ccc(O)cc4[C@@]2(CCN3CC2CCC2)C1. The molecule has 0 amide bonds. The van der Waals surface area contributed by atoms with Crippen LogP contribution in [0.25, 0.3) is 0 Å². The summed E-state index contributed by atoms with van der Waals surface area (Å²) >= 11 is 0. The van der Waals surface area contributed by atoms with Crippen LogP contribution in [0.3, 0.4) is 0 Å². The van der Waals surface area contributed by atoms with Gasteiger partial charge in [0.1, 0.15) is 5.75 Å². The Morgan fingerprint density at radius 2 is 2.12 bits per heavy atom. The molecule has 2 heteroatoms. The van der Waals surface area contributed by atoms with Gasteiger partial charge in [0.15, 0.2) is 0 Å². The molecule has 0 radical (unpaired) electrons. The van der Waals surface area contributed by atoms with Gasteiger partial charge in [0, 0.05) is 18.0 Å².